The molecular formula is C14H14N6. The lowest BCUT2D eigenvalue weighted by atomic mass is 10.3. The molecule has 0 amide bonds. The van der Waals surface area contributed by atoms with Crippen LogP contribution in [0.1, 0.15) is 0 Å². The lowest BCUT2D eigenvalue weighted by Crippen LogP contribution is -2.07. The lowest BCUT2D eigenvalue weighted by molar-refractivity contribution is 0.643. The molecule has 0 N–H and O–H groups in total. The van der Waals surface area contributed by atoms with Crippen molar-refractivity contribution in [3.63, 3.8) is 0 Å². The van der Waals surface area contributed by atoms with Gasteiger partial charge in [0, 0.05) is 14.1 Å². The molecule has 2 heterocycles. The molecule has 0 spiro atoms. The van der Waals surface area contributed by atoms with Crippen LogP contribution in [0.15, 0.2) is 47.8 Å². The Kier molecular flexibility index (Phi) is 3.12. The van der Waals surface area contributed by atoms with Crippen molar-refractivity contribution < 1.29 is 0 Å². The van der Waals surface area contributed by atoms with E-state index in [1.165, 1.54) is 6.33 Å². The highest BCUT2D eigenvalue weighted by Gasteiger charge is 2.09. The van der Waals surface area contributed by atoms with Gasteiger partial charge in [0.25, 0.3) is 0 Å². The van der Waals surface area contributed by atoms with Crippen LogP contribution in [0.4, 0.5) is 5.82 Å². The van der Waals surface area contributed by atoms with Crippen molar-refractivity contribution >= 4 is 23.2 Å². The average molecular weight is 266 g/mol. The molecular weight excluding hydrogens is 252 g/mol. The van der Waals surface area contributed by atoms with Gasteiger partial charge in [0.15, 0.2) is 11.5 Å². The normalized spacial score (nSPS) is 11.3. The minimum absolute atomic E-state index is 0.617. The molecule has 100 valence electrons. The number of rotatable bonds is 3. The first-order valence-electron chi connectivity index (χ1n) is 6.20. The van der Waals surface area contributed by atoms with Gasteiger partial charge in [-0.15, -0.1) is 0 Å². The highest BCUT2D eigenvalue weighted by molar-refractivity contribution is 5.87. The van der Waals surface area contributed by atoms with Gasteiger partial charge in [-0.1, -0.05) is 18.2 Å². The second kappa shape index (κ2) is 5.08. The number of aliphatic imine (C=N–C) groups is 1. The summed E-state index contributed by atoms with van der Waals surface area (Å²) in [4.78, 5) is 14.7. The predicted molar refractivity (Wildman–Crippen MR) is 78.5 cm³/mol. The first kappa shape index (κ1) is 12.3. The van der Waals surface area contributed by atoms with Crippen LogP contribution in [0.3, 0.4) is 0 Å². The molecule has 0 aliphatic rings. The van der Waals surface area contributed by atoms with E-state index >= 15 is 0 Å². The Labute approximate surface area is 116 Å². The molecule has 0 saturated heterocycles. The summed E-state index contributed by atoms with van der Waals surface area (Å²) >= 11 is 0. The Morgan fingerprint density at radius 2 is 1.95 bits per heavy atom. The Balaban J connectivity index is 2.13. The van der Waals surface area contributed by atoms with E-state index in [4.69, 9.17) is 0 Å². The average Bonchev–Trinajstić information content (AvgIpc) is 2.90. The van der Waals surface area contributed by atoms with Crippen LogP contribution in [0.2, 0.25) is 0 Å². The second-order valence-electron chi connectivity index (χ2n) is 4.53. The zero-order chi connectivity index (χ0) is 13.9. The summed E-state index contributed by atoms with van der Waals surface area (Å²) in [5.74, 6) is 0.617. The van der Waals surface area contributed by atoms with Crippen molar-refractivity contribution in [3.8, 4) is 5.69 Å². The Hall–Kier alpha value is -2.76. The second-order valence-corrected chi connectivity index (χ2v) is 4.53. The van der Waals surface area contributed by atoms with Crippen molar-refractivity contribution in [1.82, 2.24) is 24.6 Å². The molecule has 0 unspecified atom stereocenters. The summed E-state index contributed by atoms with van der Waals surface area (Å²) in [6, 6.07) is 9.87. The molecule has 0 bridgehead atoms. The zero-order valence-electron chi connectivity index (χ0n) is 11.3. The first-order valence-corrected chi connectivity index (χ1v) is 6.20. The minimum atomic E-state index is 0.617. The first-order chi connectivity index (χ1) is 9.75. The van der Waals surface area contributed by atoms with Crippen LogP contribution in [0.5, 0.6) is 0 Å². The van der Waals surface area contributed by atoms with Crippen LogP contribution >= 0.6 is 0 Å². The van der Waals surface area contributed by atoms with E-state index in [1.807, 2.05) is 49.3 Å². The smallest absolute Gasteiger partial charge is 0.168 e. The molecule has 0 aliphatic heterocycles. The van der Waals surface area contributed by atoms with Gasteiger partial charge in [-0.25, -0.2) is 19.6 Å². The molecule has 0 fully saturated rings. The third-order valence-corrected chi connectivity index (χ3v) is 2.76. The standard InChI is InChI=1S/C14H14N6/c1-19(2)10-17-13-12-8-18-20(14(12)16-9-15-13)11-6-4-3-5-7-11/h3-10H,1-2H3/b17-10+. The van der Waals surface area contributed by atoms with Crippen LogP contribution in [0, 0.1) is 0 Å². The fraction of sp³-hybridized carbons (Fsp3) is 0.143. The fourth-order valence-electron chi connectivity index (χ4n) is 1.86. The van der Waals surface area contributed by atoms with Crippen molar-refractivity contribution in [3.05, 3.63) is 42.9 Å². The number of nitrogens with zero attached hydrogens (tertiary/aromatic N) is 6. The molecule has 0 atom stereocenters. The van der Waals surface area contributed by atoms with E-state index < -0.39 is 0 Å². The highest BCUT2D eigenvalue weighted by Crippen LogP contribution is 2.23. The van der Waals surface area contributed by atoms with Gasteiger partial charge in [-0.2, -0.15) is 5.10 Å². The Morgan fingerprint density at radius 3 is 2.70 bits per heavy atom. The van der Waals surface area contributed by atoms with Crippen LogP contribution in [-0.4, -0.2) is 45.1 Å². The number of fused-ring (bicyclic) bond motifs is 1. The maximum Gasteiger partial charge on any atom is 0.168 e. The molecule has 6 heteroatoms. The molecule has 3 rings (SSSR count). The Bertz CT molecular complexity index is 745. The number of aromatic nitrogens is 4. The maximum absolute atomic E-state index is 4.38. The monoisotopic (exact) mass is 266 g/mol. The van der Waals surface area contributed by atoms with Gasteiger partial charge in [0.2, 0.25) is 0 Å². The summed E-state index contributed by atoms with van der Waals surface area (Å²) in [5, 5.41) is 5.21. The fourth-order valence-corrected chi connectivity index (χ4v) is 1.86. The van der Waals surface area contributed by atoms with E-state index in [0.29, 0.717) is 5.82 Å². The molecule has 20 heavy (non-hydrogen) atoms. The largest absolute Gasteiger partial charge is 0.369 e. The molecule has 0 aliphatic carbocycles. The number of benzene rings is 1. The molecule has 1 aromatic carbocycles. The molecule has 2 aromatic heterocycles. The maximum atomic E-state index is 4.38. The van der Waals surface area contributed by atoms with Gasteiger partial charge in [-0.3, -0.25) is 0 Å². The number of hydrogen-bond donors (Lipinski definition) is 0. The van der Waals surface area contributed by atoms with E-state index in [2.05, 4.69) is 20.1 Å². The van der Waals surface area contributed by atoms with E-state index in [9.17, 15) is 0 Å². The number of para-hydroxylation sites is 1. The van der Waals surface area contributed by atoms with Crippen molar-refractivity contribution in [2.45, 2.75) is 0 Å². The third-order valence-electron chi connectivity index (χ3n) is 2.76. The van der Waals surface area contributed by atoms with Crippen molar-refractivity contribution in [1.29, 1.82) is 0 Å². The minimum Gasteiger partial charge on any atom is -0.369 e. The summed E-state index contributed by atoms with van der Waals surface area (Å²) in [7, 11) is 3.82. The topological polar surface area (TPSA) is 59.2 Å². The van der Waals surface area contributed by atoms with Crippen molar-refractivity contribution in [2.75, 3.05) is 14.1 Å². The van der Waals surface area contributed by atoms with Crippen LogP contribution in [-0.2, 0) is 0 Å². The zero-order valence-corrected chi connectivity index (χ0v) is 11.3. The Morgan fingerprint density at radius 1 is 1.15 bits per heavy atom. The number of hydrogen-bond acceptors (Lipinski definition) is 4. The highest BCUT2D eigenvalue weighted by atomic mass is 15.3. The molecule has 0 saturated carbocycles. The van der Waals surface area contributed by atoms with Gasteiger partial charge >= 0.3 is 0 Å². The summed E-state index contributed by atoms with van der Waals surface area (Å²) < 4.78 is 1.78. The molecule has 3 aromatic rings. The van der Waals surface area contributed by atoms with Gasteiger partial charge in [-0.05, 0) is 12.1 Å². The molecule has 0 radical (unpaired) electrons. The van der Waals surface area contributed by atoms with Gasteiger partial charge < -0.3 is 4.90 Å². The van der Waals surface area contributed by atoms with E-state index in [0.717, 1.165) is 16.7 Å². The quantitative estimate of drug-likeness (QED) is 0.537. The predicted octanol–water partition coefficient (Wildman–Crippen LogP) is 2.04. The molecule has 6 nitrogen and oxygen atoms in total. The van der Waals surface area contributed by atoms with Gasteiger partial charge in [0.05, 0.1) is 23.6 Å². The van der Waals surface area contributed by atoms with Gasteiger partial charge in [0.1, 0.15) is 6.33 Å². The van der Waals surface area contributed by atoms with E-state index in [-0.39, 0.29) is 0 Å². The third kappa shape index (κ3) is 2.23. The van der Waals surface area contributed by atoms with Crippen LogP contribution in [0.25, 0.3) is 16.7 Å². The van der Waals surface area contributed by atoms with Crippen molar-refractivity contribution in [2.24, 2.45) is 4.99 Å². The SMILES string of the molecule is CN(C)/C=N/c1ncnc2c1cnn2-c1ccccc1. The lowest BCUT2D eigenvalue weighted by Gasteiger charge is -2.03. The summed E-state index contributed by atoms with van der Waals surface area (Å²) in [5.41, 5.74) is 1.71. The van der Waals surface area contributed by atoms with E-state index in [1.54, 1.807) is 17.2 Å². The summed E-state index contributed by atoms with van der Waals surface area (Å²) in [6.07, 6.45) is 4.96. The van der Waals surface area contributed by atoms with Crippen LogP contribution < -0.4 is 0 Å². The summed E-state index contributed by atoms with van der Waals surface area (Å²) in [6.45, 7) is 0.